The number of ether oxygens (including phenoxy) is 1. The Balaban J connectivity index is 1.99. The van der Waals surface area contributed by atoms with Gasteiger partial charge in [-0.05, 0) is 0 Å². The van der Waals surface area contributed by atoms with Crippen LogP contribution in [0.1, 0.15) is 11.1 Å². The Kier molecular flexibility index (Phi) is 4.64. The number of nitrogens with one attached hydrogen (secondary N) is 1. The maximum absolute atomic E-state index is 5.32. The number of hydrogen-bond donors (Lipinski definition) is 1. The maximum Gasteiger partial charge on any atom is 0.146 e. The van der Waals surface area contributed by atoms with Gasteiger partial charge in [-0.15, -0.1) is 0 Å². The van der Waals surface area contributed by atoms with Crippen LogP contribution in [0.2, 0.25) is 0 Å². The lowest BCUT2D eigenvalue weighted by Crippen LogP contribution is -2.07. The highest BCUT2D eigenvalue weighted by Gasteiger charge is 2.07. The van der Waals surface area contributed by atoms with E-state index in [1.165, 1.54) is 0 Å². The van der Waals surface area contributed by atoms with Crippen molar-refractivity contribution in [1.29, 1.82) is 0 Å². The van der Waals surface area contributed by atoms with Gasteiger partial charge in [-0.1, -0.05) is 60.7 Å². The van der Waals surface area contributed by atoms with Crippen molar-refractivity contribution in [3.63, 3.8) is 0 Å². The first-order valence-electron chi connectivity index (χ1n) is 7.31. The normalized spacial score (nSPS) is 9.96. The van der Waals surface area contributed by atoms with Crippen molar-refractivity contribution in [2.75, 3.05) is 12.5 Å². The van der Waals surface area contributed by atoms with Crippen LogP contribution < -0.4 is 10.2 Å². The maximum atomic E-state index is 5.32. The number of hydrogen-bond acceptors (Lipinski definition) is 4. The van der Waals surface area contributed by atoms with Crippen LogP contribution in [0, 0.1) is 0 Å². The van der Waals surface area contributed by atoms with Gasteiger partial charge in [-0.25, -0.2) is 0 Å². The average Bonchev–Trinajstić information content (AvgIpc) is 2.64. The van der Waals surface area contributed by atoms with Crippen LogP contribution in [0.5, 0.6) is 5.75 Å². The number of pyridine rings is 1. The second-order valence-corrected chi connectivity index (χ2v) is 4.88. The molecule has 0 saturated carbocycles. The summed E-state index contributed by atoms with van der Waals surface area (Å²) in [5.74, 6) is 0.698. The van der Waals surface area contributed by atoms with Gasteiger partial charge in [0.25, 0.3) is 0 Å². The Hall–Kier alpha value is -3.14. The first-order chi connectivity index (χ1) is 11.4. The fourth-order valence-electron chi connectivity index (χ4n) is 2.25. The third-order valence-corrected chi connectivity index (χ3v) is 3.38. The summed E-state index contributed by atoms with van der Waals surface area (Å²) in [7, 11) is 1.62. The highest BCUT2D eigenvalue weighted by atomic mass is 16.5. The number of methoxy groups -OCH3 is 1. The van der Waals surface area contributed by atoms with Crippen LogP contribution in [0.4, 0.5) is 5.69 Å². The highest BCUT2D eigenvalue weighted by molar-refractivity contribution is 6.13. The van der Waals surface area contributed by atoms with E-state index < -0.39 is 0 Å². The molecule has 0 bridgehead atoms. The summed E-state index contributed by atoms with van der Waals surface area (Å²) >= 11 is 0. The van der Waals surface area contributed by atoms with E-state index in [1.54, 1.807) is 25.6 Å². The van der Waals surface area contributed by atoms with Gasteiger partial charge in [0.2, 0.25) is 0 Å². The van der Waals surface area contributed by atoms with E-state index in [9.17, 15) is 0 Å². The summed E-state index contributed by atoms with van der Waals surface area (Å²) in [6.45, 7) is 0. The number of aromatic nitrogens is 1. The van der Waals surface area contributed by atoms with E-state index in [0.717, 1.165) is 22.5 Å². The molecule has 0 aliphatic heterocycles. The van der Waals surface area contributed by atoms with Gasteiger partial charge in [0.05, 0.1) is 19.0 Å². The number of rotatable bonds is 5. The molecular weight excluding hydrogens is 286 g/mol. The lowest BCUT2D eigenvalue weighted by atomic mass is 10.0. The molecular formula is C19H17N3O. The predicted molar refractivity (Wildman–Crippen MR) is 92.9 cm³/mol. The Morgan fingerprint density at radius 1 is 0.913 bits per heavy atom. The summed E-state index contributed by atoms with van der Waals surface area (Å²) in [6.07, 6.45) is 3.37. The lowest BCUT2D eigenvalue weighted by molar-refractivity contribution is 0.416. The summed E-state index contributed by atoms with van der Waals surface area (Å²) in [4.78, 5) is 4.10. The highest BCUT2D eigenvalue weighted by Crippen LogP contribution is 2.22. The molecule has 0 amide bonds. The lowest BCUT2D eigenvalue weighted by Gasteiger charge is -2.10. The first-order valence-corrected chi connectivity index (χ1v) is 7.31. The minimum Gasteiger partial charge on any atom is -0.494 e. The van der Waals surface area contributed by atoms with Crippen molar-refractivity contribution >= 4 is 11.4 Å². The second-order valence-electron chi connectivity index (χ2n) is 4.88. The van der Waals surface area contributed by atoms with Crippen molar-refractivity contribution in [3.05, 3.63) is 90.3 Å². The van der Waals surface area contributed by atoms with Gasteiger partial charge < -0.3 is 4.74 Å². The zero-order valence-corrected chi connectivity index (χ0v) is 12.8. The smallest absolute Gasteiger partial charge is 0.146 e. The SMILES string of the molecule is COc1ccncc1NN=C(c1ccccc1)c1ccccc1. The van der Waals surface area contributed by atoms with E-state index in [2.05, 4.69) is 15.5 Å². The third-order valence-electron chi connectivity index (χ3n) is 3.38. The Morgan fingerprint density at radius 2 is 1.52 bits per heavy atom. The van der Waals surface area contributed by atoms with Crippen LogP contribution in [0.3, 0.4) is 0 Å². The van der Waals surface area contributed by atoms with Gasteiger partial charge >= 0.3 is 0 Å². The summed E-state index contributed by atoms with van der Waals surface area (Å²) in [6, 6.07) is 21.9. The van der Waals surface area contributed by atoms with Crippen LogP contribution in [0.25, 0.3) is 0 Å². The van der Waals surface area contributed by atoms with E-state index in [0.29, 0.717) is 5.75 Å². The molecule has 1 aromatic heterocycles. The third kappa shape index (κ3) is 3.55. The molecule has 23 heavy (non-hydrogen) atoms. The van der Waals surface area contributed by atoms with E-state index >= 15 is 0 Å². The van der Waals surface area contributed by atoms with Gasteiger partial charge in [-0.2, -0.15) is 5.10 Å². The van der Waals surface area contributed by atoms with Crippen LogP contribution in [-0.4, -0.2) is 17.8 Å². The molecule has 0 aliphatic carbocycles. The second kappa shape index (κ2) is 7.22. The molecule has 0 radical (unpaired) electrons. The fraction of sp³-hybridized carbons (Fsp3) is 0.0526. The molecule has 0 saturated heterocycles. The first kappa shape index (κ1) is 14.8. The predicted octanol–water partition coefficient (Wildman–Crippen LogP) is 3.95. The van der Waals surface area contributed by atoms with Crippen molar-refractivity contribution in [2.45, 2.75) is 0 Å². The quantitative estimate of drug-likeness (QED) is 0.573. The molecule has 1 N–H and O–H groups in total. The van der Waals surface area contributed by atoms with Crippen molar-refractivity contribution in [1.82, 2.24) is 4.98 Å². The van der Waals surface area contributed by atoms with Crippen molar-refractivity contribution in [2.24, 2.45) is 5.10 Å². The Labute approximate surface area is 135 Å². The topological polar surface area (TPSA) is 46.5 Å². The van der Waals surface area contributed by atoms with E-state index in [4.69, 9.17) is 4.74 Å². The largest absolute Gasteiger partial charge is 0.494 e. The summed E-state index contributed by atoms with van der Waals surface area (Å²) < 4.78 is 5.32. The van der Waals surface area contributed by atoms with Gasteiger partial charge in [-0.3, -0.25) is 10.4 Å². The fourth-order valence-corrected chi connectivity index (χ4v) is 2.25. The van der Waals surface area contributed by atoms with Gasteiger partial charge in [0.15, 0.2) is 0 Å². The van der Waals surface area contributed by atoms with Crippen molar-refractivity contribution in [3.8, 4) is 5.75 Å². The number of anilines is 1. The minimum absolute atomic E-state index is 0.698. The molecule has 0 fully saturated rings. The molecule has 3 rings (SSSR count). The van der Waals surface area contributed by atoms with Crippen molar-refractivity contribution < 1.29 is 4.74 Å². The molecule has 0 aliphatic rings. The minimum atomic E-state index is 0.698. The average molecular weight is 303 g/mol. The molecule has 114 valence electrons. The molecule has 3 aromatic rings. The Morgan fingerprint density at radius 3 is 2.09 bits per heavy atom. The van der Waals surface area contributed by atoms with E-state index in [-0.39, 0.29) is 0 Å². The van der Waals surface area contributed by atoms with Crippen LogP contribution in [-0.2, 0) is 0 Å². The summed E-state index contributed by atoms with van der Waals surface area (Å²) in [5.41, 5.74) is 6.71. The molecule has 4 heteroatoms. The zero-order valence-electron chi connectivity index (χ0n) is 12.8. The molecule has 1 heterocycles. The standard InChI is InChI=1S/C19H17N3O/c1-23-18-12-13-20-14-17(18)21-22-19(15-8-4-2-5-9-15)16-10-6-3-7-11-16/h2-14,21H,1H3. The molecule has 4 nitrogen and oxygen atoms in total. The van der Waals surface area contributed by atoms with Gasteiger partial charge in [0.1, 0.15) is 11.4 Å². The number of benzene rings is 2. The number of hydrazone groups is 1. The molecule has 2 aromatic carbocycles. The molecule has 0 spiro atoms. The van der Waals surface area contributed by atoms with Gasteiger partial charge in [0, 0.05) is 23.4 Å². The molecule has 0 atom stereocenters. The summed E-state index contributed by atoms with van der Waals surface area (Å²) in [5, 5.41) is 4.59. The number of nitrogens with zero attached hydrogens (tertiary/aromatic N) is 2. The zero-order chi connectivity index (χ0) is 15.9. The molecule has 0 unspecified atom stereocenters. The van der Waals surface area contributed by atoms with Crippen LogP contribution >= 0.6 is 0 Å². The van der Waals surface area contributed by atoms with E-state index in [1.807, 2.05) is 60.7 Å². The monoisotopic (exact) mass is 303 g/mol. The Bertz CT molecular complexity index is 744. The van der Waals surface area contributed by atoms with Crippen LogP contribution in [0.15, 0.2) is 84.2 Å².